The quantitative estimate of drug-likeness (QED) is 0.345. The van der Waals surface area contributed by atoms with Crippen molar-refractivity contribution in [2.45, 2.75) is 57.7 Å². The smallest absolute Gasteiger partial charge is 0.407 e. The molecule has 1 aliphatic carbocycles. The molecule has 0 aliphatic heterocycles. The Morgan fingerprint density at radius 2 is 1.94 bits per heavy atom. The minimum absolute atomic E-state index is 0.143. The zero-order chi connectivity index (χ0) is 26.1. The molecule has 1 saturated carbocycles. The molecule has 1 aromatic heterocycles. The van der Waals surface area contributed by atoms with Crippen LogP contribution in [-0.2, 0) is 28.0 Å². The zero-order valence-corrected chi connectivity index (χ0v) is 20.5. The molecule has 11 heteroatoms. The second kappa shape index (κ2) is 12.7. The summed E-state index contributed by atoms with van der Waals surface area (Å²) in [7, 11) is 1.64. The monoisotopic (exact) mass is 499 g/mol. The van der Waals surface area contributed by atoms with E-state index in [0.717, 1.165) is 5.56 Å². The maximum atomic E-state index is 13.1. The maximum absolute atomic E-state index is 13.1. The molecule has 0 radical (unpaired) electrons. The Labute approximate surface area is 209 Å². The Morgan fingerprint density at radius 1 is 1.19 bits per heavy atom. The van der Waals surface area contributed by atoms with Gasteiger partial charge in [0.2, 0.25) is 5.91 Å². The third kappa shape index (κ3) is 7.56. The van der Waals surface area contributed by atoms with Gasteiger partial charge in [0.25, 0.3) is 5.91 Å². The summed E-state index contributed by atoms with van der Waals surface area (Å²) < 4.78 is 6.61. The number of ether oxygens (including phenoxy) is 1. The van der Waals surface area contributed by atoms with Crippen molar-refractivity contribution >= 4 is 23.9 Å². The van der Waals surface area contributed by atoms with Crippen molar-refractivity contribution in [3.63, 3.8) is 0 Å². The van der Waals surface area contributed by atoms with Crippen LogP contribution in [0.25, 0.3) is 0 Å². The SMILES string of the molecule is Cc1cc(C(=O)N[C@@H](CCCNC(=O)OCc2ccccc2)C(=O)N[C@H]2CCC[C@H]2C(=O)O)n(C)n1. The molecule has 1 heterocycles. The molecule has 3 rings (SSSR count). The molecular formula is C25H33N5O6. The van der Waals surface area contributed by atoms with Crippen molar-refractivity contribution in [2.24, 2.45) is 13.0 Å². The first kappa shape index (κ1) is 26.7. The lowest BCUT2D eigenvalue weighted by Gasteiger charge is -2.23. The van der Waals surface area contributed by atoms with Crippen molar-refractivity contribution in [3.05, 3.63) is 53.3 Å². The van der Waals surface area contributed by atoms with Crippen LogP contribution in [0.5, 0.6) is 0 Å². The van der Waals surface area contributed by atoms with Crippen LogP contribution in [0.4, 0.5) is 4.79 Å². The van der Waals surface area contributed by atoms with Crippen molar-refractivity contribution in [1.29, 1.82) is 0 Å². The first-order valence-electron chi connectivity index (χ1n) is 12.0. The van der Waals surface area contributed by atoms with Gasteiger partial charge in [-0.25, -0.2) is 4.79 Å². The Hall–Kier alpha value is -3.89. The van der Waals surface area contributed by atoms with Crippen LogP contribution in [0.3, 0.4) is 0 Å². The van der Waals surface area contributed by atoms with Gasteiger partial charge < -0.3 is 25.8 Å². The number of alkyl carbamates (subject to hydrolysis) is 1. The molecule has 3 atom stereocenters. The molecule has 1 aromatic carbocycles. The average Bonchev–Trinajstić information content (AvgIpc) is 3.45. The molecule has 36 heavy (non-hydrogen) atoms. The number of hydrogen-bond acceptors (Lipinski definition) is 6. The second-order valence-electron chi connectivity index (χ2n) is 8.94. The molecule has 0 bridgehead atoms. The van der Waals surface area contributed by atoms with Crippen molar-refractivity contribution in [1.82, 2.24) is 25.7 Å². The van der Waals surface area contributed by atoms with Crippen molar-refractivity contribution < 1.29 is 29.0 Å². The number of carbonyl (C=O) groups excluding carboxylic acids is 3. The van der Waals surface area contributed by atoms with E-state index in [-0.39, 0.29) is 19.6 Å². The number of aryl methyl sites for hydroxylation is 2. The lowest BCUT2D eigenvalue weighted by atomic mass is 10.0. The number of aliphatic carboxylic acids is 1. The summed E-state index contributed by atoms with van der Waals surface area (Å²) in [5.74, 6) is -2.50. The summed E-state index contributed by atoms with van der Waals surface area (Å²) in [4.78, 5) is 49.4. The Kier molecular flexibility index (Phi) is 9.43. The first-order valence-corrected chi connectivity index (χ1v) is 12.0. The van der Waals surface area contributed by atoms with Crippen LogP contribution in [0.1, 0.15) is 53.8 Å². The van der Waals surface area contributed by atoms with Crippen LogP contribution in [0.15, 0.2) is 36.4 Å². The van der Waals surface area contributed by atoms with Gasteiger partial charge in [0, 0.05) is 19.6 Å². The largest absolute Gasteiger partial charge is 0.481 e. The Bertz CT molecular complexity index is 1070. The summed E-state index contributed by atoms with van der Waals surface area (Å²) >= 11 is 0. The normalized spacial score (nSPS) is 17.7. The van der Waals surface area contributed by atoms with Gasteiger partial charge in [-0.15, -0.1) is 0 Å². The molecule has 0 spiro atoms. The van der Waals surface area contributed by atoms with E-state index in [9.17, 15) is 24.3 Å². The highest BCUT2D eigenvalue weighted by atomic mass is 16.5. The van der Waals surface area contributed by atoms with Gasteiger partial charge in [0.1, 0.15) is 18.3 Å². The number of aromatic nitrogens is 2. The summed E-state index contributed by atoms with van der Waals surface area (Å²) in [6.45, 7) is 2.14. The molecule has 3 amide bonds. The topological polar surface area (TPSA) is 152 Å². The predicted octanol–water partition coefficient (Wildman–Crippen LogP) is 1.90. The first-order chi connectivity index (χ1) is 17.2. The molecule has 1 fully saturated rings. The summed E-state index contributed by atoms with van der Waals surface area (Å²) in [6, 6.07) is 9.50. The van der Waals surface area contributed by atoms with Crippen LogP contribution in [0, 0.1) is 12.8 Å². The molecule has 0 unspecified atom stereocenters. The summed E-state index contributed by atoms with van der Waals surface area (Å²) in [5, 5.41) is 21.8. The van der Waals surface area contributed by atoms with Gasteiger partial charge in [-0.1, -0.05) is 36.8 Å². The standard InChI is InChI=1S/C25H33N5O6/c1-16-14-21(30(2)29-16)23(32)28-20(22(31)27-19-11-6-10-18(19)24(33)34)12-7-13-26-25(35)36-15-17-8-4-3-5-9-17/h3-5,8-9,14,18-20H,6-7,10-13,15H2,1-2H3,(H,26,35)(H,27,31)(H,28,32)(H,33,34)/t18-,19+,20+/m1/s1. The van der Waals surface area contributed by atoms with E-state index in [1.165, 1.54) is 4.68 Å². The summed E-state index contributed by atoms with van der Waals surface area (Å²) in [6.07, 6.45) is 1.82. The minimum Gasteiger partial charge on any atom is -0.481 e. The zero-order valence-electron chi connectivity index (χ0n) is 20.5. The molecule has 0 saturated heterocycles. The number of carbonyl (C=O) groups is 4. The highest BCUT2D eigenvalue weighted by Gasteiger charge is 2.35. The molecular weight excluding hydrogens is 466 g/mol. The van der Waals surface area contributed by atoms with E-state index in [1.54, 1.807) is 20.0 Å². The van der Waals surface area contributed by atoms with Gasteiger partial charge >= 0.3 is 12.1 Å². The van der Waals surface area contributed by atoms with E-state index < -0.39 is 41.9 Å². The highest BCUT2D eigenvalue weighted by Crippen LogP contribution is 2.26. The fourth-order valence-electron chi connectivity index (χ4n) is 4.31. The van der Waals surface area contributed by atoms with Gasteiger partial charge in [0.15, 0.2) is 0 Å². The van der Waals surface area contributed by atoms with Crippen LogP contribution in [0.2, 0.25) is 0 Å². The average molecular weight is 500 g/mol. The minimum atomic E-state index is -0.943. The number of rotatable bonds is 11. The number of benzene rings is 1. The number of carboxylic acids is 1. The molecule has 1 aliphatic rings. The number of nitrogens with one attached hydrogen (secondary N) is 3. The van der Waals surface area contributed by atoms with Crippen molar-refractivity contribution in [2.75, 3.05) is 6.54 Å². The number of nitrogens with zero attached hydrogens (tertiary/aromatic N) is 2. The number of amides is 3. The number of carboxylic acid groups (broad SMARTS) is 1. The molecule has 11 nitrogen and oxygen atoms in total. The van der Waals surface area contributed by atoms with E-state index in [2.05, 4.69) is 21.0 Å². The van der Waals surface area contributed by atoms with Gasteiger partial charge in [0.05, 0.1) is 11.6 Å². The van der Waals surface area contributed by atoms with Gasteiger partial charge in [-0.05, 0) is 44.2 Å². The number of hydrogen-bond donors (Lipinski definition) is 4. The lowest BCUT2D eigenvalue weighted by molar-refractivity contribution is -0.142. The fraction of sp³-hybridized carbons (Fsp3) is 0.480. The molecule has 194 valence electrons. The van der Waals surface area contributed by atoms with E-state index >= 15 is 0 Å². The summed E-state index contributed by atoms with van der Waals surface area (Å²) in [5.41, 5.74) is 1.83. The molecule has 4 N–H and O–H groups in total. The predicted molar refractivity (Wildman–Crippen MR) is 130 cm³/mol. The van der Waals surface area contributed by atoms with E-state index in [4.69, 9.17) is 4.74 Å². The third-order valence-corrected chi connectivity index (χ3v) is 6.17. The van der Waals surface area contributed by atoms with Gasteiger partial charge in [-0.3, -0.25) is 19.1 Å². The lowest BCUT2D eigenvalue weighted by Crippen LogP contribution is -2.51. The highest BCUT2D eigenvalue weighted by molar-refractivity contribution is 5.96. The van der Waals surface area contributed by atoms with Crippen LogP contribution >= 0.6 is 0 Å². The Morgan fingerprint density at radius 3 is 2.61 bits per heavy atom. The van der Waals surface area contributed by atoms with E-state index in [0.29, 0.717) is 37.1 Å². The Balaban J connectivity index is 1.55. The van der Waals surface area contributed by atoms with Crippen molar-refractivity contribution in [3.8, 4) is 0 Å². The van der Waals surface area contributed by atoms with Gasteiger partial charge in [-0.2, -0.15) is 5.10 Å². The fourth-order valence-corrected chi connectivity index (χ4v) is 4.31. The second-order valence-corrected chi connectivity index (χ2v) is 8.94. The van der Waals surface area contributed by atoms with Crippen LogP contribution < -0.4 is 16.0 Å². The van der Waals surface area contributed by atoms with E-state index in [1.807, 2.05) is 30.3 Å². The molecule has 2 aromatic rings. The maximum Gasteiger partial charge on any atom is 0.407 e. The third-order valence-electron chi connectivity index (χ3n) is 6.17. The van der Waals surface area contributed by atoms with Crippen LogP contribution in [-0.4, -0.2) is 57.4 Å².